The molecule has 0 aliphatic carbocycles. The molecule has 0 bridgehead atoms. The van der Waals surface area contributed by atoms with Crippen LogP contribution in [0.3, 0.4) is 0 Å². The van der Waals surface area contributed by atoms with Gasteiger partial charge in [-0.15, -0.1) is 0 Å². The Labute approximate surface area is 103 Å². The van der Waals surface area contributed by atoms with Crippen LogP contribution >= 0.6 is 0 Å². The standard InChI is InChI=1S/C13H21N3O/c1-10-7-16(8-11(2)15-10)9-12-5-4-6-14-13(12)17-3/h4-6,10-11,15H,7-9H2,1-3H3. The summed E-state index contributed by atoms with van der Waals surface area (Å²) < 4.78 is 5.29. The summed E-state index contributed by atoms with van der Waals surface area (Å²) >= 11 is 0. The topological polar surface area (TPSA) is 37.4 Å². The van der Waals surface area contributed by atoms with Gasteiger partial charge in [0.15, 0.2) is 0 Å². The van der Waals surface area contributed by atoms with Gasteiger partial charge in [-0.2, -0.15) is 0 Å². The van der Waals surface area contributed by atoms with Gasteiger partial charge in [0.2, 0.25) is 5.88 Å². The van der Waals surface area contributed by atoms with E-state index in [0.29, 0.717) is 12.1 Å². The Morgan fingerprint density at radius 1 is 1.41 bits per heavy atom. The molecule has 2 rings (SSSR count). The van der Waals surface area contributed by atoms with E-state index in [1.807, 2.05) is 6.07 Å². The molecule has 1 N–H and O–H groups in total. The summed E-state index contributed by atoms with van der Waals surface area (Å²) in [6, 6.07) is 5.14. The van der Waals surface area contributed by atoms with E-state index < -0.39 is 0 Å². The van der Waals surface area contributed by atoms with Gasteiger partial charge >= 0.3 is 0 Å². The van der Waals surface area contributed by atoms with Crippen molar-refractivity contribution in [1.29, 1.82) is 0 Å². The van der Waals surface area contributed by atoms with Crippen molar-refractivity contribution in [3.05, 3.63) is 23.9 Å². The molecule has 0 saturated carbocycles. The van der Waals surface area contributed by atoms with Gasteiger partial charge in [0.25, 0.3) is 0 Å². The lowest BCUT2D eigenvalue weighted by Gasteiger charge is -2.36. The summed E-state index contributed by atoms with van der Waals surface area (Å²) in [4.78, 5) is 6.69. The molecule has 2 unspecified atom stereocenters. The Balaban J connectivity index is 2.04. The van der Waals surface area contributed by atoms with Gasteiger partial charge in [-0.25, -0.2) is 4.98 Å². The Morgan fingerprint density at radius 2 is 2.12 bits per heavy atom. The summed E-state index contributed by atoms with van der Waals surface area (Å²) in [5.74, 6) is 0.742. The van der Waals surface area contributed by atoms with Crippen LogP contribution in [-0.4, -0.2) is 42.2 Å². The molecule has 1 aromatic rings. The number of nitrogens with zero attached hydrogens (tertiary/aromatic N) is 2. The fourth-order valence-corrected chi connectivity index (χ4v) is 2.54. The highest BCUT2D eigenvalue weighted by atomic mass is 16.5. The van der Waals surface area contributed by atoms with Crippen LogP contribution < -0.4 is 10.1 Å². The number of piperazine rings is 1. The molecule has 17 heavy (non-hydrogen) atoms. The maximum absolute atomic E-state index is 5.29. The second-order valence-corrected chi connectivity index (χ2v) is 4.83. The van der Waals surface area contributed by atoms with E-state index in [2.05, 4.69) is 35.1 Å². The SMILES string of the molecule is COc1ncccc1CN1CC(C)NC(C)C1. The number of nitrogens with one attached hydrogen (secondary N) is 1. The van der Waals surface area contributed by atoms with E-state index in [9.17, 15) is 0 Å². The van der Waals surface area contributed by atoms with Crippen LogP contribution in [0.15, 0.2) is 18.3 Å². The monoisotopic (exact) mass is 235 g/mol. The second-order valence-electron chi connectivity index (χ2n) is 4.83. The Kier molecular flexibility index (Phi) is 3.97. The molecule has 0 spiro atoms. The van der Waals surface area contributed by atoms with Crippen molar-refractivity contribution < 1.29 is 4.74 Å². The third-order valence-corrected chi connectivity index (χ3v) is 3.07. The summed E-state index contributed by atoms with van der Waals surface area (Å²) in [5.41, 5.74) is 1.16. The van der Waals surface area contributed by atoms with Crippen LogP contribution in [0.4, 0.5) is 0 Å². The largest absolute Gasteiger partial charge is 0.481 e. The van der Waals surface area contributed by atoms with Crippen LogP contribution in [0.1, 0.15) is 19.4 Å². The van der Waals surface area contributed by atoms with Gasteiger partial charge in [0.1, 0.15) is 0 Å². The van der Waals surface area contributed by atoms with Crippen molar-refractivity contribution in [2.75, 3.05) is 20.2 Å². The quantitative estimate of drug-likeness (QED) is 0.856. The Bertz CT molecular complexity index is 359. The molecule has 0 radical (unpaired) electrons. The molecule has 0 amide bonds. The number of rotatable bonds is 3. The molecule has 2 heterocycles. The first-order valence-electron chi connectivity index (χ1n) is 6.15. The zero-order valence-electron chi connectivity index (χ0n) is 10.8. The molecule has 0 aromatic carbocycles. The van der Waals surface area contributed by atoms with Gasteiger partial charge in [-0.05, 0) is 19.9 Å². The van der Waals surface area contributed by atoms with E-state index in [1.165, 1.54) is 0 Å². The first-order chi connectivity index (χ1) is 8.19. The third kappa shape index (κ3) is 3.17. The minimum Gasteiger partial charge on any atom is -0.481 e. The van der Waals surface area contributed by atoms with E-state index in [-0.39, 0.29) is 0 Å². The fourth-order valence-electron chi connectivity index (χ4n) is 2.54. The first-order valence-corrected chi connectivity index (χ1v) is 6.15. The minimum absolute atomic E-state index is 0.543. The molecular formula is C13H21N3O. The predicted molar refractivity (Wildman–Crippen MR) is 68.1 cm³/mol. The predicted octanol–water partition coefficient (Wildman–Crippen LogP) is 1.27. The normalized spacial score (nSPS) is 25.8. The number of aromatic nitrogens is 1. The average molecular weight is 235 g/mol. The van der Waals surface area contributed by atoms with Gasteiger partial charge < -0.3 is 10.1 Å². The summed E-state index contributed by atoms with van der Waals surface area (Å²) in [7, 11) is 1.68. The molecule has 1 aliphatic rings. The third-order valence-electron chi connectivity index (χ3n) is 3.07. The molecule has 1 aliphatic heterocycles. The summed E-state index contributed by atoms with van der Waals surface area (Å²) in [6.07, 6.45) is 1.77. The Hall–Kier alpha value is -1.13. The van der Waals surface area contributed by atoms with E-state index >= 15 is 0 Å². The molecule has 4 heteroatoms. The van der Waals surface area contributed by atoms with E-state index in [1.54, 1.807) is 13.3 Å². The van der Waals surface area contributed by atoms with E-state index in [4.69, 9.17) is 4.74 Å². The molecule has 1 saturated heterocycles. The molecule has 2 atom stereocenters. The smallest absolute Gasteiger partial charge is 0.217 e. The van der Waals surface area contributed by atoms with Crippen molar-refractivity contribution in [2.45, 2.75) is 32.5 Å². The van der Waals surface area contributed by atoms with Crippen LogP contribution in [-0.2, 0) is 6.54 Å². The number of ether oxygens (including phenoxy) is 1. The van der Waals surface area contributed by atoms with Gasteiger partial charge in [-0.1, -0.05) is 6.07 Å². The van der Waals surface area contributed by atoms with Gasteiger partial charge in [0.05, 0.1) is 7.11 Å². The highest BCUT2D eigenvalue weighted by Gasteiger charge is 2.21. The van der Waals surface area contributed by atoms with Crippen molar-refractivity contribution >= 4 is 0 Å². The molecule has 1 fully saturated rings. The zero-order valence-corrected chi connectivity index (χ0v) is 10.8. The molecule has 94 valence electrons. The van der Waals surface area contributed by atoms with Crippen molar-refractivity contribution in [1.82, 2.24) is 15.2 Å². The second kappa shape index (κ2) is 5.47. The van der Waals surface area contributed by atoms with Crippen LogP contribution in [0.5, 0.6) is 5.88 Å². The zero-order chi connectivity index (χ0) is 12.3. The number of hydrogen-bond acceptors (Lipinski definition) is 4. The van der Waals surface area contributed by atoms with Crippen LogP contribution in [0, 0.1) is 0 Å². The van der Waals surface area contributed by atoms with Gasteiger partial charge in [0, 0.05) is 43.5 Å². The lowest BCUT2D eigenvalue weighted by Crippen LogP contribution is -2.53. The minimum atomic E-state index is 0.543. The number of methoxy groups -OCH3 is 1. The number of pyridine rings is 1. The summed E-state index contributed by atoms with van der Waals surface area (Å²) in [6.45, 7) is 7.50. The number of hydrogen-bond donors (Lipinski definition) is 1. The van der Waals surface area contributed by atoms with Crippen molar-refractivity contribution in [3.63, 3.8) is 0 Å². The maximum Gasteiger partial charge on any atom is 0.217 e. The van der Waals surface area contributed by atoms with E-state index in [0.717, 1.165) is 31.1 Å². The molecule has 1 aromatic heterocycles. The van der Waals surface area contributed by atoms with Crippen molar-refractivity contribution in [2.24, 2.45) is 0 Å². The molecular weight excluding hydrogens is 214 g/mol. The van der Waals surface area contributed by atoms with Gasteiger partial charge in [-0.3, -0.25) is 4.90 Å². The highest BCUT2D eigenvalue weighted by molar-refractivity contribution is 5.25. The average Bonchev–Trinajstić information content (AvgIpc) is 2.28. The van der Waals surface area contributed by atoms with Crippen LogP contribution in [0.25, 0.3) is 0 Å². The molecule has 4 nitrogen and oxygen atoms in total. The van der Waals surface area contributed by atoms with Crippen molar-refractivity contribution in [3.8, 4) is 5.88 Å². The summed E-state index contributed by atoms with van der Waals surface area (Å²) in [5, 5.41) is 3.53. The maximum atomic E-state index is 5.29. The lowest BCUT2D eigenvalue weighted by atomic mass is 10.1. The highest BCUT2D eigenvalue weighted by Crippen LogP contribution is 2.17. The van der Waals surface area contributed by atoms with Crippen LogP contribution in [0.2, 0.25) is 0 Å². The fraction of sp³-hybridized carbons (Fsp3) is 0.615. The Morgan fingerprint density at radius 3 is 2.76 bits per heavy atom. The first kappa shape index (κ1) is 12.3. The lowest BCUT2D eigenvalue weighted by molar-refractivity contribution is 0.165.